The molecule has 4 rings (SSSR count). The van der Waals surface area contributed by atoms with E-state index in [1.54, 1.807) is 6.07 Å². The monoisotopic (exact) mass is 303 g/mol. The Morgan fingerprint density at radius 2 is 2.14 bits per heavy atom. The van der Waals surface area contributed by atoms with Crippen LogP contribution in [-0.2, 0) is 9.57 Å². The van der Waals surface area contributed by atoms with Gasteiger partial charge in [0.25, 0.3) is 0 Å². The molecule has 1 saturated heterocycles. The highest BCUT2D eigenvalue weighted by molar-refractivity contribution is 6.02. The van der Waals surface area contributed by atoms with Crippen LogP contribution in [0.2, 0.25) is 0 Å². The molecule has 0 amide bonds. The molecule has 2 heterocycles. The molecule has 0 aromatic heterocycles. The van der Waals surface area contributed by atoms with Crippen LogP contribution in [0.15, 0.2) is 23.4 Å². The molecule has 1 atom stereocenters. The Hall–Kier alpha value is -1.75. The van der Waals surface area contributed by atoms with E-state index in [0.717, 1.165) is 43.6 Å². The summed E-state index contributed by atoms with van der Waals surface area (Å²) in [5.41, 5.74) is 1.58. The maximum absolute atomic E-state index is 10.0. The molecule has 1 unspecified atom stereocenters. The summed E-state index contributed by atoms with van der Waals surface area (Å²) in [5.74, 6) is 0.741. The van der Waals surface area contributed by atoms with Crippen LogP contribution in [0.25, 0.3) is 0 Å². The van der Waals surface area contributed by atoms with Crippen LogP contribution < -0.4 is 4.74 Å². The molecule has 22 heavy (non-hydrogen) atoms. The molecule has 1 saturated carbocycles. The second kappa shape index (κ2) is 5.47. The molecular weight excluding hydrogens is 282 g/mol. The number of nitrogens with zero attached hydrogens (tertiary/aromatic N) is 1. The highest BCUT2D eigenvalue weighted by atomic mass is 16.7. The summed E-state index contributed by atoms with van der Waals surface area (Å²) >= 11 is 0. The van der Waals surface area contributed by atoms with Crippen LogP contribution in [0.4, 0.5) is 0 Å². The summed E-state index contributed by atoms with van der Waals surface area (Å²) in [6, 6.07) is 5.43. The number of hydrogen-bond acceptors (Lipinski definition) is 5. The van der Waals surface area contributed by atoms with E-state index in [4.69, 9.17) is 14.3 Å². The number of benzene rings is 1. The van der Waals surface area contributed by atoms with Crippen LogP contribution in [0.1, 0.15) is 44.1 Å². The van der Waals surface area contributed by atoms with E-state index in [9.17, 15) is 5.11 Å². The second-order valence-electron chi connectivity index (χ2n) is 6.50. The molecule has 1 aromatic carbocycles. The van der Waals surface area contributed by atoms with Gasteiger partial charge in [-0.3, -0.25) is 0 Å². The van der Waals surface area contributed by atoms with E-state index in [-0.39, 0.29) is 17.5 Å². The first-order chi connectivity index (χ1) is 10.7. The van der Waals surface area contributed by atoms with E-state index in [2.05, 4.69) is 5.16 Å². The molecule has 2 aliphatic heterocycles. The van der Waals surface area contributed by atoms with E-state index >= 15 is 0 Å². The van der Waals surface area contributed by atoms with Crippen LogP contribution in [-0.4, -0.2) is 35.7 Å². The predicted molar refractivity (Wildman–Crippen MR) is 81.4 cm³/mol. The second-order valence-corrected chi connectivity index (χ2v) is 6.50. The lowest BCUT2D eigenvalue weighted by atomic mass is 9.93. The van der Waals surface area contributed by atoms with Gasteiger partial charge in [0.15, 0.2) is 17.1 Å². The van der Waals surface area contributed by atoms with Gasteiger partial charge in [0.1, 0.15) is 0 Å². The maximum Gasteiger partial charge on any atom is 0.168 e. The summed E-state index contributed by atoms with van der Waals surface area (Å²) < 4.78 is 11.4. The molecule has 2 fully saturated rings. The van der Waals surface area contributed by atoms with Crippen molar-refractivity contribution >= 4 is 5.71 Å². The number of phenolic OH excluding ortho intramolecular Hbond substituents is 1. The van der Waals surface area contributed by atoms with Crippen molar-refractivity contribution in [1.82, 2.24) is 0 Å². The maximum atomic E-state index is 10.0. The minimum atomic E-state index is -0.278. The first kappa shape index (κ1) is 13.9. The van der Waals surface area contributed by atoms with Crippen molar-refractivity contribution in [3.63, 3.8) is 0 Å². The van der Waals surface area contributed by atoms with Gasteiger partial charge in [0.2, 0.25) is 0 Å². The van der Waals surface area contributed by atoms with Gasteiger partial charge >= 0.3 is 0 Å². The Morgan fingerprint density at radius 1 is 1.27 bits per heavy atom. The fourth-order valence-electron chi connectivity index (χ4n) is 3.45. The van der Waals surface area contributed by atoms with E-state index in [1.165, 1.54) is 12.8 Å². The fraction of sp³-hybridized carbons (Fsp3) is 0.588. The molecule has 5 nitrogen and oxygen atoms in total. The summed E-state index contributed by atoms with van der Waals surface area (Å²) in [6.45, 7) is 1.33. The Kier molecular flexibility index (Phi) is 3.45. The van der Waals surface area contributed by atoms with Crippen LogP contribution in [0.5, 0.6) is 11.5 Å². The molecule has 0 bridgehead atoms. The normalized spacial score (nSPS) is 28.1. The lowest BCUT2D eigenvalue weighted by Crippen LogP contribution is -2.29. The van der Waals surface area contributed by atoms with E-state index < -0.39 is 0 Å². The van der Waals surface area contributed by atoms with Crippen molar-refractivity contribution in [2.24, 2.45) is 5.16 Å². The van der Waals surface area contributed by atoms with Gasteiger partial charge in [-0.1, -0.05) is 5.16 Å². The highest BCUT2D eigenvalue weighted by Gasteiger charge is 2.43. The first-order valence-electron chi connectivity index (χ1n) is 8.07. The molecule has 0 radical (unpaired) electrons. The third kappa shape index (κ3) is 2.54. The van der Waals surface area contributed by atoms with Crippen molar-refractivity contribution in [2.75, 3.05) is 13.2 Å². The van der Waals surface area contributed by atoms with Gasteiger partial charge in [0.05, 0.1) is 25.0 Å². The number of aromatic hydroxyl groups is 1. The van der Waals surface area contributed by atoms with Gasteiger partial charge in [-0.25, -0.2) is 0 Å². The first-order valence-corrected chi connectivity index (χ1v) is 8.07. The van der Waals surface area contributed by atoms with Crippen molar-refractivity contribution < 1.29 is 19.4 Å². The van der Waals surface area contributed by atoms with Gasteiger partial charge in [-0.2, -0.15) is 0 Å². The van der Waals surface area contributed by atoms with Crippen LogP contribution in [0.3, 0.4) is 0 Å². The third-order valence-corrected chi connectivity index (χ3v) is 4.80. The number of hydrogen-bond donors (Lipinski definition) is 1. The Balaban J connectivity index is 1.52. The lowest BCUT2D eigenvalue weighted by Gasteiger charge is -2.17. The smallest absolute Gasteiger partial charge is 0.168 e. The van der Waals surface area contributed by atoms with Gasteiger partial charge < -0.3 is 19.4 Å². The molecule has 1 aromatic rings. The molecule has 1 spiro atoms. The molecule has 1 N–H and O–H groups in total. The predicted octanol–water partition coefficient (Wildman–Crippen LogP) is 3.00. The highest BCUT2D eigenvalue weighted by Crippen LogP contribution is 2.36. The van der Waals surface area contributed by atoms with Crippen LogP contribution >= 0.6 is 0 Å². The van der Waals surface area contributed by atoms with Gasteiger partial charge in [-0.05, 0) is 43.9 Å². The van der Waals surface area contributed by atoms with Crippen molar-refractivity contribution in [3.05, 3.63) is 23.8 Å². The molecule has 1 aliphatic carbocycles. The van der Waals surface area contributed by atoms with E-state index in [1.807, 2.05) is 12.1 Å². The largest absolute Gasteiger partial charge is 0.504 e. The standard InChI is InChI=1S/C17H21NO4/c19-15-6-5-12(9-16(15)21-13-3-1-2-4-13)14-10-17(22-18-14)7-8-20-11-17/h5-6,9,13,19H,1-4,7-8,10-11H2. The Bertz CT molecular complexity index is 586. The number of rotatable bonds is 3. The summed E-state index contributed by atoms with van der Waals surface area (Å²) in [5, 5.41) is 14.3. The van der Waals surface area contributed by atoms with Crippen molar-refractivity contribution in [1.29, 1.82) is 0 Å². The zero-order valence-electron chi connectivity index (χ0n) is 12.6. The minimum absolute atomic E-state index is 0.189. The zero-order valence-corrected chi connectivity index (χ0v) is 12.6. The van der Waals surface area contributed by atoms with Crippen LogP contribution in [0, 0.1) is 0 Å². The summed E-state index contributed by atoms with van der Waals surface area (Å²) in [4.78, 5) is 5.63. The minimum Gasteiger partial charge on any atom is -0.504 e. The Labute approximate surface area is 129 Å². The van der Waals surface area contributed by atoms with E-state index in [0.29, 0.717) is 12.4 Å². The van der Waals surface area contributed by atoms with Gasteiger partial charge in [0, 0.05) is 18.4 Å². The van der Waals surface area contributed by atoms with Crippen molar-refractivity contribution in [2.45, 2.75) is 50.2 Å². The number of phenols is 1. The zero-order chi connectivity index (χ0) is 15.0. The van der Waals surface area contributed by atoms with Gasteiger partial charge in [-0.15, -0.1) is 0 Å². The fourth-order valence-corrected chi connectivity index (χ4v) is 3.45. The molecule has 3 aliphatic rings. The molecule has 118 valence electrons. The number of ether oxygens (including phenoxy) is 2. The average Bonchev–Trinajstić information content (AvgIpc) is 3.25. The van der Waals surface area contributed by atoms with Crippen molar-refractivity contribution in [3.8, 4) is 11.5 Å². The summed E-state index contributed by atoms with van der Waals surface area (Å²) in [7, 11) is 0. The average molecular weight is 303 g/mol. The number of oxime groups is 1. The SMILES string of the molecule is Oc1ccc(C2=NOC3(CCOC3)C2)cc1OC1CCCC1. The molecule has 5 heteroatoms. The third-order valence-electron chi connectivity index (χ3n) is 4.80. The molecular formula is C17H21NO4. The Morgan fingerprint density at radius 3 is 2.91 bits per heavy atom. The topological polar surface area (TPSA) is 60.3 Å². The lowest BCUT2D eigenvalue weighted by molar-refractivity contribution is -0.0237. The summed E-state index contributed by atoms with van der Waals surface area (Å²) in [6.07, 6.45) is 6.38. The quantitative estimate of drug-likeness (QED) is 0.932.